The Morgan fingerprint density at radius 3 is 3.23 bits per heavy atom. The van der Waals surface area contributed by atoms with E-state index in [2.05, 4.69) is 15.3 Å². The van der Waals surface area contributed by atoms with Gasteiger partial charge < -0.3 is 29.6 Å². The van der Waals surface area contributed by atoms with Gasteiger partial charge >= 0.3 is 0 Å². The molecule has 0 saturated carbocycles. The fraction of sp³-hybridized carbons (Fsp3) is 0.529. The van der Waals surface area contributed by atoms with Crippen LogP contribution in [0.15, 0.2) is 18.2 Å². The molecule has 3 N–H and O–H groups in total. The molecule has 1 aliphatic rings. The number of carbonyl (C=O) groups excluding carboxylic acids is 1. The van der Waals surface area contributed by atoms with Gasteiger partial charge in [0.2, 0.25) is 5.91 Å². The molecule has 26 heavy (non-hydrogen) atoms. The molecule has 2 atom stereocenters. The van der Waals surface area contributed by atoms with E-state index >= 15 is 0 Å². The van der Waals surface area contributed by atoms with Crippen molar-refractivity contribution in [2.75, 3.05) is 33.0 Å². The van der Waals surface area contributed by atoms with Gasteiger partial charge in [-0.1, -0.05) is 0 Å². The lowest BCUT2D eigenvalue weighted by Crippen LogP contribution is -2.51. The molecule has 0 radical (unpaired) electrons. The minimum absolute atomic E-state index is 0.0669. The minimum atomic E-state index is -0.347. The van der Waals surface area contributed by atoms with Crippen LogP contribution >= 0.6 is 0 Å². The van der Waals surface area contributed by atoms with E-state index in [0.29, 0.717) is 36.5 Å². The third kappa shape index (κ3) is 4.98. The number of nitrogens with one attached hydrogen (secondary N) is 2. The first-order chi connectivity index (χ1) is 12.7. The van der Waals surface area contributed by atoms with Crippen molar-refractivity contribution in [3.05, 3.63) is 29.8 Å². The number of aromatic nitrogens is 2. The van der Waals surface area contributed by atoms with Crippen LogP contribution in [0.5, 0.6) is 0 Å². The number of benzene rings is 1. The zero-order chi connectivity index (χ0) is 18.4. The van der Waals surface area contributed by atoms with E-state index in [-0.39, 0.29) is 50.3 Å². The molecule has 1 amide bonds. The second kappa shape index (κ2) is 9.04. The lowest BCUT2D eigenvalue weighted by molar-refractivity contribution is -0.131. The second-order valence-electron chi connectivity index (χ2n) is 6.01. The number of nitrogens with zero attached hydrogens (tertiary/aromatic N) is 1. The fourth-order valence-electron chi connectivity index (χ4n) is 2.85. The molecule has 0 unspecified atom stereocenters. The van der Waals surface area contributed by atoms with Crippen molar-refractivity contribution in [3.63, 3.8) is 0 Å². The van der Waals surface area contributed by atoms with Crippen molar-refractivity contribution in [2.24, 2.45) is 0 Å². The first kappa shape index (κ1) is 18.7. The van der Waals surface area contributed by atoms with Gasteiger partial charge in [-0.2, -0.15) is 0 Å². The number of fused-ring (bicyclic) bond motifs is 1. The van der Waals surface area contributed by atoms with Gasteiger partial charge in [0.05, 0.1) is 43.0 Å². The number of amides is 1. The molecule has 1 aromatic heterocycles. The van der Waals surface area contributed by atoms with Gasteiger partial charge in [-0.05, 0) is 24.6 Å². The van der Waals surface area contributed by atoms with E-state index in [1.807, 2.05) is 0 Å². The highest BCUT2D eigenvalue weighted by molar-refractivity contribution is 5.77. The molecule has 1 aromatic carbocycles. The van der Waals surface area contributed by atoms with Gasteiger partial charge in [-0.15, -0.1) is 0 Å². The van der Waals surface area contributed by atoms with Crippen LogP contribution in [-0.4, -0.2) is 66.2 Å². The van der Waals surface area contributed by atoms with Crippen LogP contribution in [0.25, 0.3) is 11.0 Å². The number of aromatic amines is 1. The highest BCUT2D eigenvalue weighted by Crippen LogP contribution is 2.14. The third-order valence-electron chi connectivity index (χ3n) is 4.03. The Morgan fingerprint density at radius 1 is 1.50 bits per heavy atom. The monoisotopic (exact) mass is 367 g/mol. The van der Waals surface area contributed by atoms with Gasteiger partial charge in [-0.25, -0.2) is 9.37 Å². The van der Waals surface area contributed by atoms with Crippen LogP contribution in [0.3, 0.4) is 0 Å². The van der Waals surface area contributed by atoms with E-state index in [4.69, 9.17) is 19.3 Å². The molecular formula is C17H22FN3O5. The first-order valence-electron chi connectivity index (χ1n) is 8.47. The van der Waals surface area contributed by atoms with E-state index < -0.39 is 0 Å². The quantitative estimate of drug-likeness (QED) is 0.628. The van der Waals surface area contributed by atoms with Gasteiger partial charge in [0.15, 0.2) is 0 Å². The summed E-state index contributed by atoms with van der Waals surface area (Å²) in [6.07, 6.45) is 0.464. The van der Waals surface area contributed by atoms with Crippen LogP contribution in [-0.2, 0) is 25.6 Å². The molecule has 0 bridgehead atoms. The van der Waals surface area contributed by atoms with E-state index in [0.717, 1.165) is 0 Å². The van der Waals surface area contributed by atoms with Crippen LogP contribution in [0, 0.1) is 5.82 Å². The molecule has 142 valence electrons. The van der Waals surface area contributed by atoms with Crippen LogP contribution in [0.1, 0.15) is 12.2 Å². The summed E-state index contributed by atoms with van der Waals surface area (Å²) in [6.45, 7) is 1.04. The van der Waals surface area contributed by atoms with Gasteiger partial charge in [0.25, 0.3) is 0 Å². The van der Waals surface area contributed by atoms with E-state index in [1.165, 1.54) is 12.1 Å². The van der Waals surface area contributed by atoms with Crippen molar-refractivity contribution < 1.29 is 28.5 Å². The van der Waals surface area contributed by atoms with Crippen molar-refractivity contribution in [2.45, 2.75) is 25.2 Å². The van der Waals surface area contributed by atoms with Crippen LogP contribution < -0.4 is 5.32 Å². The molecule has 2 aromatic rings. The van der Waals surface area contributed by atoms with Crippen molar-refractivity contribution in [3.8, 4) is 0 Å². The summed E-state index contributed by atoms with van der Waals surface area (Å²) in [5, 5.41) is 11.7. The topological polar surface area (TPSA) is 106 Å². The molecule has 8 nitrogen and oxygen atoms in total. The number of ether oxygens (including phenoxy) is 3. The third-order valence-corrected chi connectivity index (χ3v) is 4.03. The highest BCUT2D eigenvalue weighted by atomic mass is 19.1. The maximum atomic E-state index is 13.2. The summed E-state index contributed by atoms with van der Waals surface area (Å²) in [7, 11) is 0. The lowest BCUT2D eigenvalue weighted by atomic mass is 10.1. The first-order valence-corrected chi connectivity index (χ1v) is 8.47. The summed E-state index contributed by atoms with van der Waals surface area (Å²) in [4.78, 5) is 19.3. The number of carbonyl (C=O) groups is 1. The Kier molecular flexibility index (Phi) is 6.51. The maximum Gasteiger partial charge on any atom is 0.246 e. The minimum Gasteiger partial charge on any atom is -0.394 e. The molecule has 2 heterocycles. The SMILES string of the molecule is O=C(COCc1nc2ccc(F)cc2[nH]1)N[C@H]1COCC[C@H]1OCCO. The average Bonchev–Trinajstić information content (AvgIpc) is 3.02. The number of H-pyrrole nitrogens is 1. The number of halogens is 1. The largest absolute Gasteiger partial charge is 0.394 e. The Balaban J connectivity index is 1.45. The highest BCUT2D eigenvalue weighted by Gasteiger charge is 2.27. The standard InChI is InChI=1S/C17H22FN3O5/c18-11-1-2-12-13(7-11)20-16(19-12)9-25-10-17(23)21-14-8-24-5-3-15(14)26-6-4-22/h1-2,7,14-15,22H,3-6,8-10H2,(H,19,20)(H,21,23)/t14-,15+/m0/s1. The number of aliphatic hydroxyl groups is 1. The van der Waals surface area contributed by atoms with Crippen molar-refractivity contribution >= 4 is 16.9 Å². The average molecular weight is 367 g/mol. The smallest absolute Gasteiger partial charge is 0.246 e. The number of imidazole rings is 1. The predicted octanol–water partition coefficient (Wildman–Crippen LogP) is 0.501. The zero-order valence-corrected chi connectivity index (χ0v) is 14.2. The van der Waals surface area contributed by atoms with E-state index in [9.17, 15) is 9.18 Å². The molecule has 3 rings (SSSR count). The summed E-state index contributed by atoms with van der Waals surface area (Å²) >= 11 is 0. The predicted molar refractivity (Wildman–Crippen MR) is 89.9 cm³/mol. The van der Waals surface area contributed by atoms with Crippen LogP contribution in [0.2, 0.25) is 0 Å². The van der Waals surface area contributed by atoms with E-state index in [1.54, 1.807) is 6.07 Å². The maximum absolute atomic E-state index is 13.2. The summed E-state index contributed by atoms with van der Waals surface area (Å²) in [5.41, 5.74) is 1.22. The molecule has 1 aliphatic heterocycles. The molecular weight excluding hydrogens is 345 g/mol. The number of hydrogen-bond donors (Lipinski definition) is 3. The number of aliphatic hydroxyl groups excluding tert-OH is 1. The van der Waals surface area contributed by atoms with Crippen molar-refractivity contribution in [1.29, 1.82) is 0 Å². The number of rotatable bonds is 8. The van der Waals surface area contributed by atoms with Gasteiger partial charge in [-0.3, -0.25) is 4.79 Å². The summed E-state index contributed by atoms with van der Waals surface area (Å²) in [6, 6.07) is 3.99. The molecule has 9 heteroatoms. The fourth-order valence-corrected chi connectivity index (χ4v) is 2.85. The Hall–Kier alpha value is -2.07. The van der Waals surface area contributed by atoms with Crippen molar-refractivity contribution in [1.82, 2.24) is 15.3 Å². The van der Waals surface area contributed by atoms with Crippen LogP contribution in [0.4, 0.5) is 4.39 Å². The normalized spacial score (nSPS) is 20.4. The Morgan fingerprint density at radius 2 is 2.38 bits per heavy atom. The molecule has 1 saturated heterocycles. The summed E-state index contributed by atoms with van der Waals surface area (Å²) < 4.78 is 29.4. The number of hydrogen-bond acceptors (Lipinski definition) is 6. The van der Waals surface area contributed by atoms with Gasteiger partial charge in [0.1, 0.15) is 24.9 Å². The Bertz CT molecular complexity index is 738. The molecule has 0 spiro atoms. The lowest BCUT2D eigenvalue weighted by Gasteiger charge is -2.31. The molecule has 1 fully saturated rings. The molecule has 0 aliphatic carbocycles. The van der Waals surface area contributed by atoms with Gasteiger partial charge in [0, 0.05) is 6.61 Å². The Labute approximate surface area is 149 Å². The zero-order valence-electron chi connectivity index (χ0n) is 14.2. The second-order valence-corrected chi connectivity index (χ2v) is 6.01. The summed E-state index contributed by atoms with van der Waals surface area (Å²) in [5.74, 6) is -0.121.